The number of hydrogen-bond acceptors (Lipinski definition) is 4. The number of carbonyl (C=O) groups is 1. The molecule has 1 atom stereocenters. The van der Waals surface area contributed by atoms with Gasteiger partial charge in [-0.3, -0.25) is 9.78 Å². The van der Waals surface area contributed by atoms with E-state index in [9.17, 15) is 17.6 Å². The number of nitrogens with zero attached hydrogens (tertiary/aromatic N) is 2. The van der Waals surface area contributed by atoms with Crippen LogP contribution in [0, 0.1) is 5.82 Å². The summed E-state index contributed by atoms with van der Waals surface area (Å²) in [7, 11) is -3.83. The van der Waals surface area contributed by atoms with E-state index in [1.54, 1.807) is 38.2 Å². The Kier molecular flexibility index (Phi) is 7.14. The minimum absolute atomic E-state index is 0.128. The van der Waals surface area contributed by atoms with E-state index in [-0.39, 0.29) is 23.5 Å². The molecule has 0 saturated carbocycles. The van der Waals surface area contributed by atoms with Crippen molar-refractivity contribution >= 4 is 15.9 Å². The summed E-state index contributed by atoms with van der Waals surface area (Å²) in [6.45, 7) is 3.98. The number of aromatic nitrogens is 1. The molecule has 3 aromatic rings. The summed E-state index contributed by atoms with van der Waals surface area (Å²) >= 11 is 0. The first-order valence-corrected chi connectivity index (χ1v) is 11.4. The summed E-state index contributed by atoms with van der Waals surface area (Å²) in [5, 5.41) is 2.79. The Balaban J connectivity index is 1.98. The highest BCUT2D eigenvalue weighted by Gasteiger charge is 2.26. The van der Waals surface area contributed by atoms with E-state index in [4.69, 9.17) is 0 Å². The number of sulfonamides is 1. The van der Waals surface area contributed by atoms with E-state index in [0.717, 1.165) is 17.7 Å². The summed E-state index contributed by atoms with van der Waals surface area (Å²) in [6.07, 6.45) is 1.61. The van der Waals surface area contributed by atoms with Crippen LogP contribution in [0.25, 0.3) is 0 Å². The molecular formula is C23H24FN3O3S. The monoisotopic (exact) mass is 441 g/mol. The molecule has 0 fully saturated rings. The van der Waals surface area contributed by atoms with E-state index in [2.05, 4.69) is 10.3 Å². The summed E-state index contributed by atoms with van der Waals surface area (Å²) < 4.78 is 41.4. The Morgan fingerprint density at radius 3 is 2.32 bits per heavy atom. The van der Waals surface area contributed by atoms with Crippen LogP contribution in [0.1, 0.15) is 41.5 Å². The lowest BCUT2D eigenvalue weighted by Gasteiger charge is -2.20. The average Bonchev–Trinajstić information content (AvgIpc) is 2.79. The number of nitrogens with one attached hydrogen (secondary N) is 1. The topological polar surface area (TPSA) is 79.4 Å². The predicted molar refractivity (Wildman–Crippen MR) is 116 cm³/mol. The largest absolute Gasteiger partial charge is 0.339 e. The molecule has 0 saturated heterocycles. The fourth-order valence-electron chi connectivity index (χ4n) is 3.28. The van der Waals surface area contributed by atoms with Gasteiger partial charge in [0, 0.05) is 19.3 Å². The van der Waals surface area contributed by atoms with Crippen molar-refractivity contribution in [2.45, 2.75) is 24.8 Å². The third kappa shape index (κ3) is 4.98. The van der Waals surface area contributed by atoms with Crippen molar-refractivity contribution in [2.24, 2.45) is 0 Å². The molecule has 3 rings (SSSR count). The Hall–Kier alpha value is -3.10. The van der Waals surface area contributed by atoms with Crippen LogP contribution in [-0.2, 0) is 10.0 Å². The Bertz CT molecular complexity index is 1100. The highest BCUT2D eigenvalue weighted by Crippen LogP contribution is 2.23. The fourth-order valence-corrected chi connectivity index (χ4v) is 4.77. The second kappa shape index (κ2) is 9.80. The lowest BCUT2D eigenvalue weighted by molar-refractivity contribution is 0.0938. The zero-order valence-corrected chi connectivity index (χ0v) is 18.1. The smallest absolute Gasteiger partial charge is 0.255 e. The Labute approximate surface area is 181 Å². The van der Waals surface area contributed by atoms with Crippen molar-refractivity contribution < 1.29 is 17.6 Å². The minimum Gasteiger partial charge on any atom is -0.339 e. The van der Waals surface area contributed by atoms with Gasteiger partial charge in [-0.05, 0) is 35.9 Å². The van der Waals surface area contributed by atoms with Gasteiger partial charge < -0.3 is 5.32 Å². The number of rotatable bonds is 8. The van der Waals surface area contributed by atoms with Crippen LogP contribution in [-0.4, -0.2) is 36.7 Å². The normalized spacial score (nSPS) is 12.5. The van der Waals surface area contributed by atoms with Gasteiger partial charge in [-0.25, -0.2) is 12.8 Å². The second-order valence-corrected chi connectivity index (χ2v) is 8.74. The molecule has 0 aliphatic heterocycles. The molecule has 0 aliphatic rings. The third-order valence-electron chi connectivity index (χ3n) is 4.92. The summed E-state index contributed by atoms with van der Waals surface area (Å²) in [5.41, 5.74) is 1.00. The van der Waals surface area contributed by atoms with Gasteiger partial charge in [0.05, 0.1) is 22.2 Å². The van der Waals surface area contributed by atoms with Gasteiger partial charge >= 0.3 is 0 Å². The maximum absolute atomic E-state index is 14.5. The molecule has 0 radical (unpaired) electrons. The van der Waals surface area contributed by atoms with Crippen molar-refractivity contribution in [1.29, 1.82) is 0 Å². The lowest BCUT2D eigenvalue weighted by Crippen LogP contribution is -2.32. The van der Waals surface area contributed by atoms with Gasteiger partial charge in [-0.2, -0.15) is 4.31 Å². The number of amides is 1. The van der Waals surface area contributed by atoms with Crippen LogP contribution in [0.3, 0.4) is 0 Å². The van der Waals surface area contributed by atoms with Gasteiger partial charge in [-0.15, -0.1) is 0 Å². The van der Waals surface area contributed by atoms with Crippen molar-refractivity contribution in [1.82, 2.24) is 14.6 Å². The maximum atomic E-state index is 14.5. The molecule has 0 bridgehead atoms. The summed E-state index contributed by atoms with van der Waals surface area (Å²) in [4.78, 5) is 17.2. The molecule has 0 aliphatic carbocycles. The molecule has 1 amide bonds. The number of halogens is 1. The van der Waals surface area contributed by atoms with Gasteiger partial charge in [0.25, 0.3) is 5.91 Å². The maximum Gasteiger partial charge on any atom is 0.255 e. The highest BCUT2D eigenvalue weighted by atomic mass is 32.2. The van der Waals surface area contributed by atoms with Crippen molar-refractivity contribution in [3.8, 4) is 0 Å². The van der Waals surface area contributed by atoms with E-state index in [1.165, 1.54) is 10.4 Å². The molecule has 6 nitrogen and oxygen atoms in total. The first-order chi connectivity index (χ1) is 14.9. The predicted octanol–water partition coefficient (Wildman–Crippen LogP) is 3.77. The van der Waals surface area contributed by atoms with Crippen LogP contribution in [0.4, 0.5) is 4.39 Å². The van der Waals surface area contributed by atoms with Gasteiger partial charge in [0.1, 0.15) is 5.82 Å². The third-order valence-corrected chi connectivity index (χ3v) is 6.96. The molecule has 8 heteroatoms. The van der Waals surface area contributed by atoms with Crippen molar-refractivity contribution in [2.75, 3.05) is 13.1 Å². The zero-order chi connectivity index (χ0) is 22.4. The van der Waals surface area contributed by atoms with Crippen LogP contribution >= 0.6 is 0 Å². The van der Waals surface area contributed by atoms with E-state index < -0.39 is 27.8 Å². The zero-order valence-electron chi connectivity index (χ0n) is 17.3. The Morgan fingerprint density at radius 1 is 1.03 bits per heavy atom. The minimum atomic E-state index is -3.83. The first kappa shape index (κ1) is 22.6. The van der Waals surface area contributed by atoms with Crippen LogP contribution in [0.15, 0.2) is 77.8 Å². The Morgan fingerprint density at radius 2 is 1.71 bits per heavy atom. The molecular weight excluding hydrogens is 417 g/mol. The number of pyridine rings is 1. The lowest BCUT2D eigenvalue weighted by atomic mass is 10.0. The quantitative estimate of drug-likeness (QED) is 0.577. The summed E-state index contributed by atoms with van der Waals surface area (Å²) in [5.74, 6) is -1.53. The molecule has 0 spiro atoms. The number of benzene rings is 2. The second-order valence-electron chi connectivity index (χ2n) is 6.80. The molecule has 2 aromatic carbocycles. The van der Waals surface area contributed by atoms with E-state index in [0.29, 0.717) is 5.69 Å². The molecule has 31 heavy (non-hydrogen) atoms. The SMILES string of the molecule is CCN(CC)S(=O)(=O)c1ccc(F)c(C(=O)NC(c2ccccc2)c2ccccn2)c1. The van der Waals surface area contributed by atoms with Gasteiger partial charge in [0.15, 0.2) is 0 Å². The van der Waals surface area contributed by atoms with Gasteiger partial charge in [-0.1, -0.05) is 50.2 Å². The van der Waals surface area contributed by atoms with Crippen LogP contribution < -0.4 is 5.32 Å². The molecule has 1 unspecified atom stereocenters. The molecule has 1 aromatic heterocycles. The van der Waals surface area contributed by atoms with Crippen molar-refractivity contribution in [3.63, 3.8) is 0 Å². The molecule has 162 valence electrons. The molecule has 1 heterocycles. The number of carbonyl (C=O) groups excluding carboxylic acids is 1. The first-order valence-electron chi connectivity index (χ1n) is 9.95. The van der Waals surface area contributed by atoms with Crippen LogP contribution in [0.2, 0.25) is 0 Å². The molecule has 1 N–H and O–H groups in total. The number of hydrogen-bond donors (Lipinski definition) is 1. The highest BCUT2D eigenvalue weighted by molar-refractivity contribution is 7.89. The van der Waals surface area contributed by atoms with E-state index >= 15 is 0 Å². The van der Waals surface area contributed by atoms with Crippen LogP contribution in [0.5, 0.6) is 0 Å². The van der Waals surface area contributed by atoms with Crippen molar-refractivity contribution in [3.05, 3.63) is 95.6 Å². The average molecular weight is 442 g/mol. The fraction of sp³-hybridized carbons (Fsp3) is 0.217. The van der Waals surface area contributed by atoms with Gasteiger partial charge in [0.2, 0.25) is 10.0 Å². The summed E-state index contributed by atoms with van der Waals surface area (Å²) in [6, 6.07) is 17.1. The standard InChI is InChI=1S/C23H24FN3O3S/c1-3-27(4-2)31(29,30)18-13-14-20(24)19(16-18)23(28)26-22(17-10-6-5-7-11-17)21-12-8-9-15-25-21/h5-16,22H,3-4H2,1-2H3,(H,26,28). The van der Waals surface area contributed by atoms with E-state index in [1.807, 2.05) is 30.3 Å².